The summed E-state index contributed by atoms with van der Waals surface area (Å²) in [7, 11) is 1.78. The van der Waals surface area contributed by atoms with E-state index < -0.39 is 5.91 Å². The van der Waals surface area contributed by atoms with E-state index in [-0.39, 0.29) is 11.7 Å². The summed E-state index contributed by atoms with van der Waals surface area (Å²) in [6.45, 7) is 2.66. The van der Waals surface area contributed by atoms with Crippen molar-refractivity contribution < 1.29 is 9.59 Å². The lowest BCUT2D eigenvalue weighted by molar-refractivity contribution is -0.115. The predicted molar refractivity (Wildman–Crippen MR) is 98.0 cm³/mol. The van der Waals surface area contributed by atoms with E-state index in [0.717, 1.165) is 16.9 Å². The molecule has 2 aromatic carbocycles. The summed E-state index contributed by atoms with van der Waals surface area (Å²) >= 11 is 1.29. The molecule has 0 heterocycles. The van der Waals surface area contributed by atoms with E-state index in [0.29, 0.717) is 12.1 Å². The van der Waals surface area contributed by atoms with Crippen LogP contribution in [0.3, 0.4) is 0 Å². The average Bonchev–Trinajstić information content (AvgIpc) is 2.60. The highest BCUT2D eigenvalue weighted by molar-refractivity contribution is 8.00. The Balaban J connectivity index is 2.10. The lowest BCUT2D eigenvalue weighted by Crippen LogP contribution is -2.26. The molecule has 0 spiro atoms. The van der Waals surface area contributed by atoms with Crippen LogP contribution in [-0.2, 0) is 17.8 Å². The fourth-order valence-corrected chi connectivity index (χ4v) is 3.13. The Bertz CT molecular complexity index is 714. The smallest absolute Gasteiger partial charge is 0.255 e. The van der Waals surface area contributed by atoms with Gasteiger partial charge in [-0.2, -0.15) is 0 Å². The van der Waals surface area contributed by atoms with E-state index in [1.54, 1.807) is 18.0 Å². The molecular weight excluding hydrogens is 320 g/mol. The van der Waals surface area contributed by atoms with Crippen molar-refractivity contribution in [1.29, 1.82) is 0 Å². The third kappa shape index (κ3) is 4.86. The second-order valence-electron chi connectivity index (χ2n) is 5.58. The van der Waals surface area contributed by atoms with Crippen LogP contribution < -0.4 is 5.73 Å². The molecule has 0 fully saturated rings. The molecular formula is C19H22N2O2S. The third-order valence-electron chi connectivity index (χ3n) is 3.69. The Hall–Kier alpha value is -2.27. The molecule has 0 unspecified atom stereocenters. The van der Waals surface area contributed by atoms with Gasteiger partial charge in [0.05, 0.1) is 11.3 Å². The number of nitrogens with zero attached hydrogens (tertiary/aromatic N) is 1. The van der Waals surface area contributed by atoms with E-state index >= 15 is 0 Å². The molecule has 0 atom stereocenters. The third-order valence-corrected chi connectivity index (χ3v) is 4.78. The van der Waals surface area contributed by atoms with E-state index in [1.165, 1.54) is 17.3 Å². The molecule has 126 valence electrons. The molecule has 0 aliphatic rings. The summed E-state index contributed by atoms with van der Waals surface area (Å²) in [4.78, 5) is 26.2. The maximum Gasteiger partial charge on any atom is 0.255 e. The van der Waals surface area contributed by atoms with Crippen molar-refractivity contribution in [2.24, 2.45) is 5.73 Å². The van der Waals surface area contributed by atoms with Crippen molar-refractivity contribution in [1.82, 2.24) is 4.90 Å². The first-order valence-corrected chi connectivity index (χ1v) is 8.83. The quantitative estimate of drug-likeness (QED) is 0.787. The van der Waals surface area contributed by atoms with E-state index in [2.05, 4.69) is 31.2 Å². The van der Waals surface area contributed by atoms with E-state index in [1.807, 2.05) is 18.2 Å². The van der Waals surface area contributed by atoms with Gasteiger partial charge in [0.1, 0.15) is 0 Å². The molecule has 0 aliphatic carbocycles. The molecule has 2 rings (SSSR count). The summed E-state index contributed by atoms with van der Waals surface area (Å²) < 4.78 is 0. The molecule has 2 amide bonds. The second kappa shape index (κ2) is 8.55. The molecule has 0 aliphatic heterocycles. The first-order chi connectivity index (χ1) is 11.5. The molecule has 24 heavy (non-hydrogen) atoms. The van der Waals surface area contributed by atoms with Gasteiger partial charge in [0.25, 0.3) is 5.91 Å². The van der Waals surface area contributed by atoms with Gasteiger partial charge in [-0.25, -0.2) is 0 Å². The van der Waals surface area contributed by atoms with Crippen molar-refractivity contribution in [3.63, 3.8) is 0 Å². The number of amides is 2. The van der Waals surface area contributed by atoms with Gasteiger partial charge >= 0.3 is 0 Å². The topological polar surface area (TPSA) is 63.4 Å². The maximum absolute atomic E-state index is 12.7. The Morgan fingerprint density at radius 1 is 1.04 bits per heavy atom. The summed E-state index contributed by atoms with van der Waals surface area (Å²) in [6.07, 6.45) is 1.000. The number of hydrogen-bond donors (Lipinski definition) is 1. The number of rotatable bonds is 7. The van der Waals surface area contributed by atoms with Crippen molar-refractivity contribution in [2.75, 3.05) is 12.8 Å². The number of carbonyl (C=O) groups is 2. The molecule has 0 radical (unpaired) electrons. The lowest BCUT2D eigenvalue weighted by atomic mass is 10.1. The Labute approximate surface area is 147 Å². The summed E-state index contributed by atoms with van der Waals surface area (Å²) in [5, 5.41) is 0. The Morgan fingerprint density at radius 2 is 1.67 bits per heavy atom. The number of hydrogen-bond acceptors (Lipinski definition) is 3. The minimum atomic E-state index is -0.397. The molecule has 0 saturated heterocycles. The van der Waals surface area contributed by atoms with Crippen LogP contribution in [0.15, 0.2) is 53.4 Å². The van der Waals surface area contributed by atoms with Crippen LogP contribution in [-0.4, -0.2) is 29.5 Å². The van der Waals surface area contributed by atoms with Crippen LogP contribution in [0.1, 0.15) is 28.4 Å². The number of aryl methyl sites for hydroxylation is 1. The molecule has 0 bridgehead atoms. The van der Waals surface area contributed by atoms with E-state index in [9.17, 15) is 9.59 Å². The molecule has 4 nitrogen and oxygen atoms in total. The van der Waals surface area contributed by atoms with Gasteiger partial charge in [0.2, 0.25) is 5.91 Å². The van der Waals surface area contributed by atoms with Crippen LogP contribution >= 0.6 is 11.8 Å². The van der Waals surface area contributed by atoms with Crippen molar-refractivity contribution in [3.05, 3.63) is 65.2 Å². The number of nitrogens with two attached hydrogens (primary N) is 1. The highest BCUT2D eigenvalue weighted by atomic mass is 32.2. The fraction of sp³-hybridized carbons (Fsp3) is 0.263. The van der Waals surface area contributed by atoms with Crippen LogP contribution in [0.25, 0.3) is 0 Å². The number of benzene rings is 2. The molecule has 0 aromatic heterocycles. The van der Waals surface area contributed by atoms with Crippen LogP contribution in [0, 0.1) is 0 Å². The van der Waals surface area contributed by atoms with Crippen molar-refractivity contribution in [3.8, 4) is 0 Å². The highest BCUT2D eigenvalue weighted by Crippen LogP contribution is 2.24. The minimum absolute atomic E-state index is 0.0675. The van der Waals surface area contributed by atoms with Gasteiger partial charge in [-0.15, -0.1) is 11.8 Å². The highest BCUT2D eigenvalue weighted by Gasteiger charge is 2.16. The van der Waals surface area contributed by atoms with Gasteiger partial charge in [0, 0.05) is 18.5 Å². The first-order valence-electron chi connectivity index (χ1n) is 7.84. The summed E-state index contributed by atoms with van der Waals surface area (Å²) in [6, 6.07) is 15.6. The SMILES string of the molecule is CCc1ccc(CN(C)C(=O)c2ccccc2SCC(N)=O)cc1. The Morgan fingerprint density at radius 3 is 2.29 bits per heavy atom. The van der Waals surface area contributed by atoms with Crippen LogP contribution in [0.4, 0.5) is 0 Å². The van der Waals surface area contributed by atoms with Crippen LogP contribution in [0.2, 0.25) is 0 Å². The number of primary amides is 1. The summed E-state index contributed by atoms with van der Waals surface area (Å²) in [5.74, 6) is -0.305. The Kier molecular flexibility index (Phi) is 6.44. The van der Waals surface area contributed by atoms with Crippen molar-refractivity contribution in [2.45, 2.75) is 24.8 Å². The second-order valence-corrected chi connectivity index (χ2v) is 6.60. The molecule has 2 N–H and O–H groups in total. The monoisotopic (exact) mass is 342 g/mol. The maximum atomic E-state index is 12.7. The zero-order chi connectivity index (χ0) is 17.5. The average molecular weight is 342 g/mol. The van der Waals surface area contributed by atoms with Gasteiger partial charge in [-0.1, -0.05) is 43.3 Å². The standard InChI is InChI=1S/C19H22N2O2S/c1-3-14-8-10-15(11-9-14)12-21(2)19(23)16-6-4-5-7-17(16)24-13-18(20)22/h4-11H,3,12-13H2,1-2H3,(H2,20,22). The van der Waals surface area contributed by atoms with Gasteiger partial charge in [0.15, 0.2) is 0 Å². The zero-order valence-corrected chi connectivity index (χ0v) is 14.8. The summed E-state index contributed by atoms with van der Waals surface area (Å²) in [5.41, 5.74) is 8.16. The lowest BCUT2D eigenvalue weighted by Gasteiger charge is -2.19. The minimum Gasteiger partial charge on any atom is -0.369 e. The van der Waals surface area contributed by atoms with Gasteiger partial charge in [-0.3, -0.25) is 9.59 Å². The number of thioether (sulfide) groups is 1. The normalized spacial score (nSPS) is 10.4. The first kappa shape index (κ1) is 18.1. The fourth-order valence-electron chi connectivity index (χ4n) is 2.35. The predicted octanol–water partition coefficient (Wildman–Crippen LogP) is 3.10. The van der Waals surface area contributed by atoms with Crippen molar-refractivity contribution >= 4 is 23.6 Å². The van der Waals surface area contributed by atoms with E-state index in [4.69, 9.17) is 5.73 Å². The van der Waals surface area contributed by atoms with Gasteiger partial charge < -0.3 is 10.6 Å². The van der Waals surface area contributed by atoms with Gasteiger partial charge in [-0.05, 0) is 29.7 Å². The van der Waals surface area contributed by atoms with Crippen LogP contribution in [0.5, 0.6) is 0 Å². The molecule has 0 saturated carbocycles. The largest absolute Gasteiger partial charge is 0.369 e. The number of carbonyl (C=O) groups excluding carboxylic acids is 2. The zero-order valence-electron chi connectivity index (χ0n) is 14.0. The molecule has 2 aromatic rings. The molecule has 5 heteroatoms.